The fourth-order valence-corrected chi connectivity index (χ4v) is 5.82. The van der Waals surface area contributed by atoms with Crippen molar-refractivity contribution in [3.05, 3.63) is 65.8 Å². The molecule has 164 valence electrons. The molecule has 2 saturated heterocycles. The summed E-state index contributed by atoms with van der Waals surface area (Å²) in [5.41, 5.74) is 3.56. The predicted molar refractivity (Wildman–Crippen MR) is 118 cm³/mol. The average molecular weight is 431 g/mol. The lowest BCUT2D eigenvalue weighted by molar-refractivity contribution is -0.0393. The maximum Gasteiger partial charge on any atom is 0.276 e. The molecule has 2 spiro atoms. The fraction of sp³-hybridized carbons (Fsp3) is 0.440. The first kappa shape index (κ1) is 18.5. The molecule has 3 aliphatic heterocycles. The van der Waals surface area contributed by atoms with E-state index in [1.165, 1.54) is 11.4 Å². The van der Waals surface area contributed by atoms with Crippen molar-refractivity contribution < 1.29 is 14.1 Å². The van der Waals surface area contributed by atoms with Crippen molar-refractivity contribution in [3.8, 4) is 5.69 Å². The number of hydrogen-bond acceptors (Lipinski definition) is 5. The first-order valence-electron chi connectivity index (χ1n) is 11.6. The summed E-state index contributed by atoms with van der Waals surface area (Å²) in [4.78, 5) is 14.9. The van der Waals surface area contributed by atoms with Gasteiger partial charge in [0.1, 0.15) is 11.3 Å². The van der Waals surface area contributed by atoms with E-state index in [0.29, 0.717) is 31.3 Å². The van der Waals surface area contributed by atoms with Gasteiger partial charge < -0.3 is 24.0 Å². The number of hydrogen-bond donors (Lipinski definition) is 1. The maximum atomic E-state index is 13.0. The summed E-state index contributed by atoms with van der Waals surface area (Å²) in [6.45, 7) is 1.99. The quantitative estimate of drug-likeness (QED) is 0.664. The lowest BCUT2D eigenvalue weighted by atomic mass is 9.79. The topological polar surface area (TPSA) is 72.5 Å². The number of likely N-dealkylation sites (tertiary alicyclic amines) is 1. The highest BCUT2D eigenvalue weighted by Crippen LogP contribution is 2.50. The van der Waals surface area contributed by atoms with Crippen LogP contribution in [0.2, 0.25) is 0 Å². The van der Waals surface area contributed by atoms with Gasteiger partial charge in [-0.25, -0.2) is 0 Å². The van der Waals surface area contributed by atoms with Crippen LogP contribution in [-0.4, -0.2) is 45.8 Å². The van der Waals surface area contributed by atoms with Crippen molar-refractivity contribution in [2.24, 2.45) is 0 Å². The summed E-state index contributed by atoms with van der Waals surface area (Å²) in [5.74, 6) is 1.29. The van der Waals surface area contributed by atoms with Crippen molar-refractivity contribution in [1.29, 1.82) is 0 Å². The summed E-state index contributed by atoms with van der Waals surface area (Å²) in [6.07, 6.45) is 6.97. The van der Waals surface area contributed by atoms with Gasteiger partial charge in [-0.2, -0.15) is 0 Å². The van der Waals surface area contributed by atoms with Crippen LogP contribution in [0.4, 0.5) is 5.69 Å². The van der Waals surface area contributed by atoms with E-state index < -0.39 is 0 Å². The lowest BCUT2D eigenvalue weighted by Crippen LogP contribution is -2.48. The molecule has 3 fully saturated rings. The Kier molecular flexibility index (Phi) is 3.75. The molecule has 1 unspecified atom stereocenters. The van der Waals surface area contributed by atoms with Crippen LogP contribution in [0, 0.1) is 0 Å². The van der Waals surface area contributed by atoms with Gasteiger partial charge in [-0.15, -0.1) is 0 Å². The van der Waals surface area contributed by atoms with Gasteiger partial charge in [-0.1, -0.05) is 17.3 Å². The van der Waals surface area contributed by atoms with E-state index in [-0.39, 0.29) is 17.0 Å². The molecule has 1 saturated carbocycles. The number of para-hydroxylation sites is 2. The largest absolute Gasteiger partial charge is 0.372 e. The molecule has 0 bridgehead atoms. The van der Waals surface area contributed by atoms with Crippen LogP contribution in [0.15, 0.2) is 53.2 Å². The minimum absolute atomic E-state index is 0.0261. The second kappa shape index (κ2) is 6.48. The van der Waals surface area contributed by atoms with E-state index in [0.717, 1.165) is 43.6 Å². The molecule has 2 aromatic heterocycles. The summed E-state index contributed by atoms with van der Waals surface area (Å²) >= 11 is 0. The number of fused-ring (bicyclic) bond motifs is 4. The van der Waals surface area contributed by atoms with Crippen molar-refractivity contribution in [3.63, 3.8) is 0 Å². The third-order valence-electron chi connectivity index (χ3n) is 7.71. The molecule has 1 amide bonds. The molecular weight excluding hydrogens is 404 g/mol. The van der Waals surface area contributed by atoms with Gasteiger partial charge in [0, 0.05) is 37.7 Å². The van der Waals surface area contributed by atoms with Crippen LogP contribution < -0.4 is 5.32 Å². The third-order valence-corrected chi connectivity index (χ3v) is 7.71. The number of piperidine rings is 1. The van der Waals surface area contributed by atoms with Crippen LogP contribution in [-0.2, 0) is 10.3 Å². The van der Waals surface area contributed by atoms with E-state index >= 15 is 0 Å². The van der Waals surface area contributed by atoms with Crippen molar-refractivity contribution >= 4 is 11.6 Å². The summed E-state index contributed by atoms with van der Waals surface area (Å²) in [5, 5.41) is 7.86. The molecule has 1 atom stereocenters. The molecule has 7 heteroatoms. The van der Waals surface area contributed by atoms with Gasteiger partial charge >= 0.3 is 0 Å². The van der Waals surface area contributed by atoms with Crippen molar-refractivity contribution in [2.45, 2.75) is 49.2 Å². The number of amides is 1. The van der Waals surface area contributed by atoms with Gasteiger partial charge in [-0.3, -0.25) is 4.79 Å². The van der Waals surface area contributed by atoms with Crippen LogP contribution in [0.5, 0.6) is 0 Å². The highest BCUT2D eigenvalue weighted by molar-refractivity contribution is 5.92. The zero-order chi connectivity index (χ0) is 21.3. The van der Waals surface area contributed by atoms with Gasteiger partial charge in [0.15, 0.2) is 5.69 Å². The summed E-state index contributed by atoms with van der Waals surface area (Å²) < 4.78 is 14.2. The molecule has 4 aliphatic rings. The van der Waals surface area contributed by atoms with E-state index in [4.69, 9.17) is 9.26 Å². The predicted octanol–water partition coefficient (Wildman–Crippen LogP) is 4.06. The Morgan fingerprint density at radius 1 is 1.12 bits per heavy atom. The molecule has 32 heavy (non-hydrogen) atoms. The molecule has 5 heterocycles. The van der Waals surface area contributed by atoms with E-state index in [2.05, 4.69) is 57.6 Å². The van der Waals surface area contributed by atoms with Crippen LogP contribution in [0.3, 0.4) is 0 Å². The minimum atomic E-state index is -0.241. The Morgan fingerprint density at radius 2 is 1.97 bits per heavy atom. The number of ether oxygens (including phenoxy) is 1. The number of nitrogens with zero attached hydrogens (tertiary/aromatic N) is 3. The number of rotatable bonds is 2. The van der Waals surface area contributed by atoms with Gasteiger partial charge in [0.2, 0.25) is 0 Å². The van der Waals surface area contributed by atoms with E-state index in [1.54, 1.807) is 0 Å². The smallest absolute Gasteiger partial charge is 0.276 e. The number of benzene rings is 1. The highest BCUT2D eigenvalue weighted by Gasteiger charge is 2.54. The Hall–Kier alpha value is -3.06. The Morgan fingerprint density at radius 3 is 2.81 bits per heavy atom. The van der Waals surface area contributed by atoms with E-state index in [9.17, 15) is 4.79 Å². The lowest BCUT2D eigenvalue weighted by Gasteiger charge is -2.41. The Balaban J connectivity index is 1.09. The molecule has 0 radical (unpaired) electrons. The summed E-state index contributed by atoms with van der Waals surface area (Å²) in [7, 11) is 0. The highest BCUT2D eigenvalue weighted by atomic mass is 16.5. The number of anilines is 1. The molecule has 3 aromatic rings. The number of nitrogens with one attached hydrogen (secondary N) is 1. The second-order valence-corrected chi connectivity index (χ2v) is 9.82. The SMILES string of the molecule is O=C(c1cc(C2CC2)on1)N1CCC2(CC1)CC1(CO2)Nc2ccccc2-n2cccc21. The monoisotopic (exact) mass is 430 g/mol. The van der Waals surface area contributed by atoms with Crippen molar-refractivity contribution in [1.82, 2.24) is 14.6 Å². The molecule has 7 nitrogen and oxygen atoms in total. The van der Waals surface area contributed by atoms with Crippen LogP contribution >= 0.6 is 0 Å². The second-order valence-electron chi connectivity index (χ2n) is 9.82. The van der Waals surface area contributed by atoms with Gasteiger partial charge in [0.05, 0.1) is 29.3 Å². The normalized spacial score (nSPS) is 25.6. The average Bonchev–Trinajstić information content (AvgIpc) is 3.22. The first-order chi connectivity index (χ1) is 15.6. The molecule has 1 aromatic carbocycles. The molecular formula is C25H26N4O3. The van der Waals surface area contributed by atoms with Gasteiger partial charge in [-0.05, 0) is 49.9 Å². The summed E-state index contributed by atoms with van der Waals surface area (Å²) in [6, 6.07) is 14.6. The number of carbonyl (C=O) groups is 1. The van der Waals surface area contributed by atoms with Crippen molar-refractivity contribution in [2.75, 3.05) is 25.0 Å². The third kappa shape index (κ3) is 2.70. The molecule has 1 aliphatic carbocycles. The minimum Gasteiger partial charge on any atom is -0.372 e. The molecule has 1 N–H and O–H groups in total. The zero-order valence-corrected chi connectivity index (χ0v) is 17.9. The standard InChI is InChI=1S/C25H26N4O3/c30-23(19-14-21(32-27-19)17-7-8-17)28-12-9-24(10-13-28)15-25(16-31-24)22-6-3-11-29(22)20-5-2-1-4-18(20)26-25/h1-6,11,14,17,26H,7-10,12-13,15-16H2. The van der Waals surface area contributed by atoms with Crippen LogP contribution in [0.25, 0.3) is 5.69 Å². The van der Waals surface area contributed by atoms with Gasteiger partial charge in [0.25, 0.3) is 5.91 Å². The zero-order valence-electron chi connectivity index (χ0n) is 17.9. The molecule has 7 rings (SSSR count). The van der Waals surface area contributed by atoms with E-state index in [1.807, 2.05) is 11.0 Å². The Bertz CT molecular complexity index is 1200. The fourth-order valence-electron chi connectivity index (χ4n) is 5.82. The Labute approximate surface area is 186 Å². The maximum absolute atomic E-state index is 13.0. The number of aromatic nitrogens is 2. The van der Waals surface area contributed by atoms with Crippen LogP contribution in [0.1, 0.15) is 60.0 Å². The first-order valence-corrected chi connectivity index (χ1v) is 11.6. The number of carbonyl (C=O) groups excluding carboxylic acids is 1.